The largest absolute Gasteiger partial charge is 0.278 e. The van der Waals surface area contributed by atoms with Gasteiger partial charge in [-0.15, -0.1) is 0 Å². The Kier molecular flexibility index (Phi) is 8.63. The summed E-state index contributed by atoms with van der Waals surface area (Å²) in [6.07, 6.45) is 1.95. The van der Waals surface area contributed by atoms with E-state index >= 15 is 0 Å². The van der Waals surface area contributed by atoms with Gasteiger partial charge < -0.3 is 0 Å². The van der Waals surface area contributed by atoms with Crippen molar-refractivity contribution in [2.75, 3.05) is 0 Å². The Hall–Kier alpha value is -9.77. The summed E-state index contributed by atoms with van der Waals surface area (Å²) in [6, 6.07) is 90.9. The highest BCUT2D eigenvalue weighted by Crippen LogP contribution is 2.64. The van der Waals surface area contributed by atoms with E-state index in [9.17, 15) is 0 Å². The van der Waals surface area contributed by atoms with Crippen LogP contribution < -0.4 is 0 Å². The Labute approximate surface area is 427 Å². The summed E-state index contributed by atoms with van der Waals surface area (Å²) in [7, 11) is 0. The van der Waals surface area contributed by atoms with Crippen LogP contribution in [0.15, 0.2) is 255 Å². The molecule has 0 saturated heterocycles. The molecule has 4 nitrogen and oxygen atoms in total. The van der Waals surface area contributed by atoms with E-state index in [-0.39, 0.29) is 0 Å². The van der Waals surface area contributed by atoms with Crippen molar-refractivity contribution in [2.45, 2.75) is 5.41 Å². The summed E-state index contributed by atoms with van der Waals surface area (Å²) in [6.45, 7) is 0. The molecule has 342 valence electrons. The van der Waals surface area contributed by atoms with E-state index in [4.69, 9.17) is 15.0 Å². The van der Waals surface area contributed by atoms with Gasteiger partial charge in [0.1, 0.15) is 0 Å². The minimum atomic E-state index is -0.696. The molecule has 0 N–H and O–H groups in total. The van der Waals surface area contributed by atoms with E-state index in [0.29, 0.717) is 5.95 Å². The van der Waals surface area contributed by atoms with Crippen LogP contribution in [0.2, 0.25) is 0 Å². The SMILES string of the molecule is c1ccc(-c2cc(-c3ccccc3)nc(-n3c4cc5c(cc4c4cc6ccccc6cc43)-c3ccccc3C53c4cc(-c5c6ccccc6c(-c6ccccc6)c6ccccc56)ccc4-c4ncccc43)n2)cc1. The molecule has 0 saturated carbocycles. The topological polar surface area (TPSA) is 43.6 Å². The van der Waals surface area contributed by atoms with E-state index in [1.165, 1.54) is 82.6 Å². The zero-order valence-corrected chi connectivity index (χ0v) is 40.0. The molecule has 1 unspecified atom stereocenters. The van der Waals surface area contributed by atoms with Gasteiger partial charge in [0.25, 0.3) is 0 Å². The van der Waals surface area contributed by atoms with Gasteiger partial charge in [-0.1, -0.05) is 206 Å². The zero-order valence-electron chi connectivity index (χ0n) is 40.0. The Balaban J connectivity index is 1.02. The first-order valence-corrected chi connectivity index (χ1v) is 25.4. The molecule has 3 heterocycles. The molecule has 74 heavy (non-hydrogen) atoms. The quantitative estimate of drug-likeness (QED) is 0.162. The average Bonchev–Trinajstić information content (AvgIpc) is 4.09. The standard InChI is InChI=1S/C70H42N4/c1-4-19-43(20-5-1)62-42-63(44-21-6-2-7-22-44)73-69(72-62)74-64-39-47-26-11-10-25-46(47)37-56(64)57-40-55-49-27-16-17-32-58(49)70(61(55)41-65(57)74)59-33-18-36-71-68(59)54-35-34-48(38-60(54)70)67-52-30-14-12-28-50(52)66(45-23-8-3-9-24-45)51-29-13-15-31-53(51)67/h1-42H. The normalized spacial score (nSPS) is 14.3. The summed E-state index contributed by atoms with van der Waals surface area (Å²) in [5, 5.41) is 9.59. The van der Waals surface area contributed by atoms with Crippen molar-refractivity contribution in [1.29, 1.82) is 0 Å². The number of nitrogens with zero attached hydrogens (tertiary/aromatic N) is 4. The van der Waals surface area contributed by atoms with Crippen LogP contribution in [0.1, 0.15) is 22.3 Å². The van der Waals surface area contributed by atoms with Crippen molar-refractivity contribution < 1.29 is 0 Å². The predicted octanol–water partition coefficient (Wildman–Crippen LogP) is 17.4. The lowest BCUT2D eigenvalue weighted by atomic mass is 9.70. The lowest BCUT2D eigenvalue weighted by molar-refractivity contribution is 0.792. The van der Waals surface area contributed by atoms with Crippen LogP contribution in [-0.4, -0.2) is 19.5 Å². The van der Waals surface area contributed by atoms with Crippen molar-refractivity contribution in [3.8, 4) is 73.1 Å². The molecule has 0 radical (unpaired) electrons. The van der Waals surface area contributed by atoms with Crippen molar-refractivity contribution in [1.82, 2.24) is 19.5 Å². The molecule has 0 aliphatic heterocycles. The Bertz CT molecular complexity index is 4540. The highest BCUT2D eigenvalue weighted by atomic mass is 15.2. The van der Waals surface area contributed by atoms with E-state index in [2.05, 4.69) is 253 Å². The van der Waals surface area contributed by atoms with E-state index in [0.717, 1.165) is 61.0 Å². The highest BCUT2D eigenvalue weighted by Gasteiger charge is 2.53. The van der Waals surface area contributed by atoms with Gasteiger partial charge in [-0.3, -0.25) is 9.55 Å². The molecule has 4 heteroatoms. The molecular weight excluding hydrogens is 897 g/mol. The van der Waals surface area contributed by atoms with Gasteiger partial charge in [-0.25, -0.2) is 9.97 Å². The summed E-state index contributed by atoms with van der Waals surface area (Å²) in [4.78, 5) is 16.3. The van der Waals surface area contributed by atoms with E-state index in [1.54, 1.807) is 0 Å². The highest BCUT2D eigenvalue weighted by molar-refractivity contribution is 6.22. The van der Waals surface area contributed by atoms with Crippen molar-refractivity contribution >= 4 is 54.1 Å². The Morgan fingerprint density at radius 1 is 0.311 bits per heavy atom. The fourth-order valence-electron chi connectivity index (χ4n) is 13.0. The lowest BCUT2D eigenvalue weighted by Crippen LogP contribution is -2.26. The van der Waals surface area contributed by atoms with Crippen LogP contribution in [-0.2, 0) is 5.41 Å². The third-order valence-electron chi connectivity index (χ3n) is 16.0. The molecule has 0 amide bonds. The van der Waals surface area contributed by atoms with Crippen molar-refractivity contribution in [3.05, 3.63) is 277 Å². The van der Waals surface area contributed by atoms with Gasteiger partial charge in [0.05, 0.1) is 33.5 Å². The Morgan fingerprint density at radius 3 is 1.49 bits per heavy atom. The smallest absolute Gasteiger partial charge is 0.235 e. The number of hydrogen-bond donors (Lipinski definition) is 0. The number of aromatic nitrogens is 4. The fourth-order valence-corrected chi connectivity index (χ4v) is 13.0. The van der Waals surface area contributed by atoms with Crippen LogP contribution in [0.25, 0.3) is 127 Å². The minimum absolute atomic E-state index is 0.624. The third kappa shape index (κ3) is 5.70. The molecule has 3 aromatic heterocycles. The summed E-state index contributed by atoms with van der Waals surface area (Å²) >= 11 is 0. The van der Waals surface area contributed by atoms with Gasteiger partial charge in [-0.05, 0) is 130 Å². The summed E-state index contributed by atoms with van der Waals surface area (Å²) in [5.74, 6) is 0.624. The maximum atomic E-state index is 5.51. The Morgan fingerprint density at radius 2 is 0.824 bits per heavy atom. The first-order chi connectivity index (χ1) is 36.7. The molecule has 11 aromatic carbocycles. The fraction of sp³-hybridized carbons (Fsp3) is 0.0143. The molecular formula is C70H42N4. The second-order valence-electron chi connectivity index (χ2n) is 19.8. The second kappa shape index (κ2) is 15.6. The van der Waals surface area contributed by atoms with Crippen molar-refractivity contribution in [2.24, 2.45) is 0 Å². The molecule has 2 aliphatic rings. The lowest BCUT2D eigenvalue weighted by Gasteiger charge is -2.30. The van der Waals surface area contributed by atoms with E-state index in [1.807, 2.05) is 6.20 Å². The van der Waals surface area contributed by atoms with Crippen LogP contribution in [0, 0.1) is 0 Å². The van der Waals surface area contributed by atoms with Gasteiger partial charge >= 0.3 is 0 Å². The molecule has 16 rings (SSSR count). The average molecular weight is 939 g/mol. The van der Waals surface area contributed by atoms with Crippen LogP contribution in [0.4, 0.5) is 0 Å². The molecule has 0 bridgehead atoms. The van der Waals surface area contributed by atoms with Crippen molar-refractivity contribution in [3.63, 3.8) is 0 Å². The number of pyridine rings is 1. The molecule has 1 spiro atoms. The third-order valence-corrected chi connectivity index (χ3v) is 16.0. The number of rotatable bonds is 5. The molecule has 1 atom stereocenters. The maximum absolute atomic E-state index is 5.51. The summed E-state index contributed by atoms with van der Waals surface area (Å²) < 4.78 is 2.33. The van der Waals surface area contributed by atoms with Crippen LogP contribution >= 0.6 is 0 Å². The van der Waals surface area contributed by atoms with Gasteiger partial charge in [0.15, 0.2) is 0 Å². The zero-order chi connectivity index (χ0) is 48.5. The first kappa shape index (κ1) is 40.9. The first-order valence-electron chi connectivity index (χ1n) is 25.4. The van der Waals surface area contributed by atoms with Crippen LogP contribution in [0.3, 0.4) is 0 Å². The number of fused-ring (bicyclic) bond motifs is 16. The molecule has 2 aliphatic carbocycles. The van der Waals surface area contributed by atoms with Gasteiger partial charge in [0.2, 0.25) is 5.95 Å². The number of benzene rings is 11. The predicted molar refractivity (Wildman–Crippen MR) is 305 cm³/mol. The van der Waals surface area contributed by atoms with Gasteiger partial charge in [-0.2, -0.15) is 0 Å². The van der Waals surface area contributed by atoms with E-state index < -0.39 is 5.41 Å². The molecule has 0 fully saturated rings. The monoisotopic (exact) mass is 938 g/mol. The number of hydrogen-bond acceptors (Lipinski definition) is 3. The summed E-state index contributed by atoms with van der Waals surface area (Å²) in [5.41, 5.74) is 19.6. The second-order valence-corrected chi connectivity index (χ2v) is 19.8. The van der Waals surface area contributed by atoms with Gasteiger partial charge in [0, 0.05) is 33.7 Å². The maximum Gasteiger partial charge on any atom is 0.235 e. The molecule has 14 aromatic rings. The minimum Gasteiger partial charge on any atom is -0.278 e. The van der Waals surface area contributed by atoms with Crippen LogP contribution in [0.5, 0.6) is 0 Å².